The van der Waals surface area contributed by atoms with Gasteiger partial charge in [-0.25, -0.2) is 0 Å². The van der Waals surface area contributed by atoms with Crippen LogP contribution in [0.4, 0.5) is 5.69 Å². The third-order valence-electron chi connectivity index (χ3n) is 2.76. The molecular weight excluding hydrogens is 359 g/mol. The topological polar surface area (TPSA) is 24.9 Å². The third-order valence-corrected chi connectivity index (χ3v) is 3.80. The Bertz CT molecular complexity index is 569. The number of hydrogen-bond acceptors (Lipinski definition) is 2. The molecule has 2 nitrogen and oxygen atoms in total. The van der Waals surface area contributed by atoms with Crippen molar-refractivity contribution in [2.75, 3.05) is 11.9 Å². The fourth-order valence-electron chi connectivity index (χ4n) is 2.03. The van der Waals surface area contributed by atoms with E-state index in [0.29, 0.717) is 0 Å². The monoisotopic (exact) mass is 374 g/mol. The van der Waals surface area contributed by atoms with Gasteiger partial charge in [0, 0.05) is 31.9 Å². The maximum Gasteiger partial charge on any atom is 0.0860 e. The van der Waals surface area contributed by atoms with Gasteiger partial charge in [0.05, 0.1) is 5.52 Å². The lowest BCUT2D eigenvalue weighted by Crippen LogP contribution is -2.01. The summed E-state index contributed by atoms with van der Waals surface area (Å²) in [5.74, 6) is 0. The van der Waals surface area contributed by atoms with Gasteiger partial charge in [-0.1, -0.05) is 24.9 Å². The van der Waals surface area contributed by atoms with E-state index in [1.54, 1.807) is 0 Å². The van der Waals surface area contributed by atoms with E-state index >= 15 is 0 Å². The smallest absolute Gasteiger partial charge is 0.0860 e. The van der Waals surface area contributed by atoms with Crippen molar-refractivity contribution in [2.24, 2.45) is 0 Å². The minimum Gasteiger partial charge on any atom is -0.385 e. The Morgan fingerprint density at radius 1 is 1.28 bits per heavy atom. The van der Waals surface area contributed by atoms with E-state index in [9.17, 15) is 0 Å². The van der Waals surface area contributed by atoms with Crippen LogP contribution in [0.5, 0.6) is 0 Å². The maximum absolute atomic E-state index is 6.14. The minimum absolute atomic E-state index is 0.760. The zero-order chi connectivity index (χ0) is 13.1. The second-order valence-electron chi connectivity index (χ2n) is 4.23. The summed E-state index contributed by atoms with van der Waals surface area (Å²) in [6, 6.07) is 6.09. The van der Waals surface area contributed by atoms with Crippen molar-refractivity contribution in [3.05, 3.63) is 32.5 Å². The molecule has 0 aliphatic carbocycles. The van der Waals surface area contributed by atoms with Crippen LogP contribution in [0.1, 0.15) is 26.0 Å². The molecule has 2 aromatic rings. The summed E-state index contributed by atoms with van der Waals surface area (Å²) in [4.78, 5) is 4.74. The van der Waals surface area contributed by atoms with Crippen molar-refractivity contribution < 1.29 is 0 Å². The number of halogens is 2. The highest BCUT2D eigenvalue weighted by Crippen LogP contribution is 2.30. The molecule has 0 unspecified atom stereocenters. The normalized spacial score (nSPS) is 10.9. The van der Waals surface area contributed by atoms with Gasteiger partial charge in [0.25, 0.3) is 0 Å². The Hall–Kier alpha value is -0.550. The number of rotatable bonds is 4. The summed E-state index contributed by atoms with van der Waals surface area (Å²) >= 11 is 8.44. The van der Waals surface area contributed by atoms with Crippen LogP contribution in [0.15, 0.2) is 18.2 Å². The highest BCUT2D eigenvalue weighted by atomic mass is 127. The fourth-order valence-corrected chi connectivity index (χ4v) is 3.18. The molecule has 0 saturated heterocycles. The third kappa shape index (κ3) is 2.88. The Kier molecular flexibility index (Phi) is 4.67. The quantitative estimate of drug-likeness (QED) is 0.772. The summed E-state index contributed by atoms with van der Waals surface area (Å²) in [5, 5.41) is 5.27. The molecule has 0 aliphatic rings. The maximum atomic E-state index is 6.14. The minimum atomic E-state index is 0.760. The van der Waals surface area contributed by atoms with Crippen LogP contribution in [-0.2, 0) is 6.42 Å². The molecule has 2 rings (SSSR count). The lowest BCUT2D eigenvalue weighted by Gasteiger charge is -2.12. The summed E-state index contributed by atoms with van der Waals surface area (Å²) in [5.41, 5.74) is 3.31. The van der Waals surface area contributed by atoms with Crippen molar-refractivity contribution >= 4 is 50.8 Å². The molecule has 1 aromatic heterocycles. The predicted octanol–water partition coefficient (Wildman–Crippen LogP) is 4.88. The molecule has 0 spiro atoms. The second-order valence-corrected chi connectivity index (χ2v) is 5.82. The predicted molar refractivity (Wildman–Crippen MR) is 87.6 cm³/mol. The van der Waals surface area contributed by atoms with Crippen LogP contribution in [0.2, 0.25) is 5.02 Å². The molecule has 1 heterocycles. The summed E-state index contributed by atoms with van der Waals surface area (Å²) in [6.45, 7) is 5.17. The highest BCUT2D eigenvalue weighted by Gasteiger charge is 2.09. The zero-order valence-electron chi connectivity index (χ0n) is 10.6. The van der Waals surface area contributed by atoms with E-state index in [1.807, 2.05) is 12.1 Å². The van der Waals surface area contributed by atoms with E-state index in [0.717, 1.165) is 50.3 Å². The van der Waals surface area contributed by atoms with Crippen molar-refractivity contribution in [1.82, 2.24) is 4.98 Å². The van der Waals surface area contributed by atoms with E-state index in [4.69, 9.17) is 16.6 Å². The van der Waals surface area contributed by atoms with E-state index < -0.39 is 0 Å². The highest BCUT2D eigenvalue weighted by molar-refractivity contribution is 14.1. The van der Waals surface area contributed by atoms with Gasteiger partial charge < -0.3 is 5.32 Å². The molecule has 0 fully saturated rings. The Labute approximate surface area is 126 Å². The molecule has 0 bridgehead atoms. The summed E-state index contributed by atoms with van der Waals surface area (Å²) in [6.07, 6.45) is 2.11. The van der Waals surface area contributed by atoms with E-state index in [1.165, 1.54) is 0 Å². The molecule has 0 atom stereocenters. The van der Waals surface area contributed by atoms with Crippen LogP contribution < -0.4 is 5.32 Å². The first-order valence-corrected chi connectivity index (χ1v) is 7.64. The standard InChI is InChI=1S/C14H16ClIN2/c1-3-5-10-8-13(17-4-2)11-6-9(15)7-12(16)14(11)18-10/h6-8H,3-5H2,1-2H3,(H,17,18). The van der Waals surface area contributed by atoms with Crippen molar-refractivity contribution in [3.8, 4) is 0 Å². The first-order chi connectivity index (χ1) is 8.65. The number of pyridine rings is 1. The largest absolute Gasteiger partial charge is 0.385 e. The van der Waals surface area contributed by atoms with Crippen LogP contribution in [0.25, 0.3) is 10.9 Å². The zero-order valence-corrected chi connectivity index (χ0v) is 13.5. The number of anilines is 1. The van der Waals surface area contributed by atoms with Crippen LogP contribution in [0, 0.1) is 3.57 Å². The van der Waals surface area contributed by atoms with Crippen LogP contribution in [0.3, 0.4) is 0 Å². The lowest BCUT2D eigenvalue weighted by atomic mass is 10.1. The SMILES string of the molecule is CCCc1cc(NCC)c2cc(Cl)cc(I)c2n1. The molecule has 1 aromatic carbocycles. The molecule has 96 valence electrons. The van der Waals surface area contributed by atoms with Gasteiger partial charge in [-0.15, -0.1) is 0 Å². The second kappa shape index (κ2) is 6.06. The average Bonchev–Trinajstić information content (AvgIpc) is 2.31. The average molecular weight is 375 g/mol. The molecule has 1 N–H and O–H groups in total. The summed E-state index contributed by atoms with van der Waals surface area (Å²) in [7, 11) is 0. The molecule has 18 heavy (non-hydrogen) atoms. The fraction of sp³-hybridized carbons (Fsp3) is 0.357. The van der Waals surface area contributed by atoms with Crippen LogP contribution in [-0.4, -0.2) is 11.5 Å². The molecule has 0 radical (unpaired) electrons. The van der Waals surface area contributed by atoms with E-state index in [2.05, 4.69) is 47.8 Å². The Morgan fingerprint density at radius 3 is 2.72 bits per heavy atom. The van der Waals surface area contributed by atoms with Gasteiger partial charge in [0.2, 0.25) is 0 Å². The molecule has 0 amide bonds. The number of benzene rings is 1. The first kappa shape index (κ1) is 13.9. The Morgan fingerprint density at radius 2 is 2.06 bits per heavy atom. The number of aromatic nitrogens is 1. The van der Waals surface area contributed by atoms with Gasteiger partial charge >= 0.3 is 0 Å². The summed E-state index contributed by atoms with van der Waals surface area (Å²) < 4.78 is 1.10. The molecule has 0 aliphatic heterocycles. The number of fused-ring (bicyclic) bond motifs is 1. The molecular formula is C14H16ClIN2. The van der Waals surface area contributed by atoms with Gasteiger partial charge in [0.1, 0.15) is 0 Å². The number of nitrogens with one attached hydrogen (secondary N) is 1. The Balaban J connectivity index is 2.68. The van der Waals surface area contributed by atoms with E-state index in [-0.39, 0.29) is 0 Å². The van der Waals surface area contributed by atoms with Crippen molar-refractivity contribution in [1.29, 1.82) is 0 Å². The van der Waals surface area contributed by atoms with Crippen LogP contribution >= 0.6 is 34.2 Å². The van der Waals surface area contributed by atoms with Crippen molar-refractivity contribution in [3.63, 3.8) is 0 Å². The van der Waals surface area contributed by atoms with Gasteiger partial charge in [-0.2, -0.15) is 0 Å². The first-order valence-electron chi connectivity index (χ1n) is 6.18. The van der Waals surface area contributed by atoms with Gasteiger partial charge in [-0.3, -0.25) is 4.98 Å². The van der Waals surface area contributed by atoms with Gasteiger partial charge in [0.15, 0.2) is 0 Å². The number of hydrogen-bond donors (Lipinski definition) is 1. The number of nitrogens with zero attached hydrogens (tertiary/aromatic N) is 1. The number of aryl methyl sites for hydroxylation is 1. The van der Waals surface area contributed by atoms with Crippen molar-refractivity contribution in [2.45, 2.75) is 26.7 Å². The van der Waals surface area contributed by atoms with Gasteiger partial charge in [-0.05, 0) is 54.1 Å². The molecule has 0 saturated carbocycles. The molecule has 4 heteroatoms. The lowest BCUT2D eigenvalue weighted by molar-refractivity contribution is 0.889.